The van der Waals surface area contributed by atoms with E-state index in [4.69, 9.17) is 0 Å². The van der Waals surface area contributed by atoms with Gasteiger partial charge in [0.15, 0.2) is 0 Å². The van der Waals surface area contributed by atoms with E-state index < -0.39 is 0 Å². The second-order valence-electron chi connectivity index (χ2n) is 5.04. The first-order valence-electron chi connectivity index (χ1n) is 6.41. The second kappa shape index (κ2) is 5.69. The van der Waals surface area contributed by atoms with Gasteiger partial charge in [-0.3, -0.25) is 9.89 Å². The Balaban J connectivity index is 2.06. The third kappa shape index (κ3) is 3.22. The number of nitrogens with zero attached hydrogens (tertiary/aromatic N) is 2. The number of hydrogen-bond donors (Lipinski definition) is 1. The molecule has 0 spiro atoms. The van der Waals surface area contributed by atoms with Crippen molar-refractivity contribution in [2.45, 2.75) is 26.3 Å². The number of H-pyrrole nitrogens is 1. The quantitative estimate of drug-likeness (QED) is 0.915. The summed E-state index contributed by atoms with van der Waals surface area (Å²) in [6, 6.07) is 7.82. The largest absolute Gasteiger partial charge is 0.337 e. The van der Waals surface area contributed by atoms with Crippen LogP contribution >= 0.6 is 0 Å². The van der Waals surface area contributed by atoms with Crippen molar-refractivity contribution in [2.24, 2.45) is 0 Å². The molecule has 2 rings (SSSR count). The van der Waals surface area contributed by atoms with Crippen LogP contribution in [0.5, 0.6) is 0 Å². The molecule has 0 aliphatic heterocycles. The summed E-state index contributed by atoms with van der Waals surface area (Å²) in [7, 11) is 1.80. The van der Waals surface area contributed by atoms with Crippen LogP contribution in [-0.2, 0) is 6.54 Å². The van der Waals surface area contributed by atoms with Gasteiger partial charge >= 0.3 is 0 Å². The van der Waals surface area contributed by atoms with E-state index in [9.17, 15) is 4.79 Å². The Hall–Kier alpha value is -2.10. The number of nitrogens with one attached hydrogen (secondary N) is 1. The summed E-state index contributed by atoms with van der Waals surface area (Å²) in [5.41, 5.74) is 2.96. The lowest BCUT2D eigenvalue weighted by Gasteiger charge is -2.16. The van der Waals surface area contributed by atoms with E-state index in [1.165, 1.54) is 5.56 Å². The molecular formula is C15H19N3O. The molecule has 0 aliphatic rings. The van der Waals surface area contributed by atoms with Gasteiger partial charge in [-0.2, -0.15) is 5.10 Å². The summed E-state index contributed by atoms with van der Waals surface area (Å²) in [5, 5.41) is 6.62. The van der Waals surface area contributed by atoms with Crippen LogP contribution < -0.4 is 0 Å². The summed E-state index contributed by atoms with van der Waals surface area (Å²) in [6.45, 7) is 4.84. The summed E-state index contributed by atoms with van der Waals surface area (Å²) >= 11 is 0. The van der Waals surface area contributed by atoms with Crippen molar-refractivity contribution in [1.29, 1.82) is 0 Å². The molecule has 2 aromatic rings. The van der Waals surface area contributed by atoms with Crippen molar-refractivity contribution in [1.82, 2.24) is 15.1 Å². The van der Waals surface area contributed by atoms with Gasteiger partial charge in [0.1, 0.15) is 0 Å². The number of aromatic amines is 1. The van der Waals surface area contributed by atoms with Gasteiger partial charge in [-0.1, -0.05) is 26.0 Å². The first kappa shape index (κ1) is 13.3. The number of carbonyl (C=O) groups excluding carboxylic acids is 1. The van der Waals surface area contributed by atoms with Gasteiger partial charge in [-0.25, -0.2) is 0 Å². The van der Waals surface area contributed by atoms with E-state index in [2.05, 4.69) is 24.0 Å². The molecule has 1 aromatic heterocycles. The van der Waals surface area contributed by atoms with Gasteiger partial charge in [-0.05, 0) is 23.6 Å². The first-order valence-corrected chi connectivity index (χ1v) is 6.41. The van der Waals surface area contributed by atoms with E-state index in [1.807, 2.05) is 24.3 Å². The van der Waals surface area contributed by atoms with Gasteiger partial charge in [0.25, 0.3) is 5.91 Å². The van der Waals surface area contributed by atoms with Gasteiger partial charge in [0, 0.05) is 30.9 Å². The van der Waals surface area contributed by atoms with Crippen molar-refractivity contribution in [3.05, 3.63) is 53.3 Å². The monoisotopic (exact) mass is 257 g/mol. The number of aromatic nitrogens is 2. The molecule has 0 fully saturated rings. The second-order valence-corrected chi connectivity index (χ2v) is 5.04. The molecule has 1 heterocycles. The van der Waals surface area contributed by atoms with Crippen molar-refractivity contribution in [3.8, 4) is 0 Å². The predicted molar refractivity (Wildman–Crippen MR) is 74.9 cm³/mol. The maximum Gasteiger partial charge on any atom is 0.253 e. The zero-order valence-corrected chi connectivity index (χ0v) is 11.6. The molecule has 1 N–H and O–H groups in total. The smallest absolute Gasteiger partial charge is 0.253 e. The molecule has 19 heavy (non-hydrogen) atoms. The van der Waals surface area contributed by atoms with Gasteiger partial charge in [0.05, 0.1) is 6.20 Å². The lowest BCUT2D eigenvalue weighted by Crippen LogP contribution is -2.26. The molecule has 0 saturated heterocycles. The molecule has 0 atom stereocenters. The molecule has 1 amide bonds. The van der Waals surface area contributed by atoms with Gasteiger partial charge < -0.3 is 4.90 Å². The van der Waals surface area contributed by atoms with Crippen molar-refractivity contribution in [2.75, 3.05) is 7.05 Å². The highest BCUT2D eigenvalue weighted by Crippen LogP contribution is 2.15. The average molecular weight is 257 g/mol. The Morgan fingerprint density at radius 1 is 1.32 bits per heavy atom. The van der Waals surface area contributed by atoms with Crippen LogP contribution in [0.2, 0.25) is 0 Å². The highest BCUT2D eigenvalue weighted by Gasteiger charge is 2.12. The Morgan fingerprint density at radius 3 is 2.53 bits per heavy atom. The fraction of sp³-hybridized carbons (Fsp3) is 0.333. The van der Waals surface area contributed by atoms with Crippen molar-refractivity contribution >= 4 is 5.91 Å². The highest BCUT2D eigenvalue weighted by atomic mass is 16.2. The SMILES string of the molecule is CC(C)c1ccc(C(=O)N(C)Cc2cn[nH]c2)cc1. The van der Waals surface area contributed by atoms with Crippen LogP contribution in [-0.4, -0.2) is 28.1 Å². The Bertz CT molecular complexity index is 529. The molecule has 0 bridgehead atoms. The van der Waals surface area contributed by atoms with Crippen LogP contribution in [0.3, 0.4) is 0 Å². The van der Waals surface area contributed by atoms with Crippen LogP contribution in [0.15, 0.2) is 36.7 Å². The first-order chi connectivity index (χ1) is 9.08. The molecule has 0 unspecified atom stereocenters. The van der Waals surface area contributed by atoms with Crippen LogP contribution in [0.1, 0.15) is 41.3 Å². The number of benzene rings is 1. The lowest BCUT2D eigenvalue weighted by atomic mass is 10.0. The summed E-state index contributed by atoms with van der Waals surface area (Å²) in [6.07, 6.45) is 3.53. The molecule has 4 nitrogen and oxygen atoms in total. The standard InChI is InChI=1S/C15H19N3O/c1-11(2)13-4-6-14(7-5-13)15(19)18(3)10-12-8-16-17-9-12/h4-9,11H,10H2,1-3H3,(H,16,17). The van der Waals surface area contributed by atoms with Crippen molar-refractivity contribution in [3.63, 3.8) is 0 Å². The van der Waals surface area contributed by atoms with Crippen LogP contribution in [0.4, 0.5) is 0 Å². The molecule has 1 aromatic carbocycles. The zero-order valence-electron chi connectivity index (χ0n) is 11.6. The van der Waals surface area contributed by atoms with E-state index in [1.54, 1.807) is 24.3 Å². The average Bonchev–Trinajstić information content (AvgIpc) is 2.90. The topological polar surface area (TPSA) is 49.0 Å². The number of hydrogen-bond acceptors (Lipinski definition) is 2. The van der Waals surface area contributed by atoms with E-state index in [-0.39, 0.29) is 5.91 Å². The maximum atomic E-state index is 12.2. The van der Waals surface area contributed by atoms with E-state index in [0.29, 0.717) is 12.5 Å². The third-order valence-corrected chi connectivity index (χ3v) is 3.15. The normalized spacial score (nSPS) is 10.7. The van der Waals surface area contributed by atoms with E-state index in [0.717, 1.165) is 11.1 Å². The maximum absolute atomic E-state index is 12.2. The predicted octanol–water partition coefficient (Wildman–Crippen LogP) is 2.81. The Morgan fingerprint density at radius 2 is 2.00 bits per heavy atom. The number of rotatable bonds is 4. The molecular weight excluding hydrogens is 238 g/mol. The van der Waals surface area contributed by atoms with Crippen LogP contribution in [0, 0.1) is 0 Å². The Labute approximate surface area is 113 Å². The van der Waals surface area contributed by atoms with E-state index >= 15 is 0 Å². The fourth-order valence-electron chi connectivity index (χ4n) is 1.94. The minimum atomic E-state index is 0.0245. The minimum absolute atomic E-state index is 0.0245. The van der Waals surface area contributed by atoms with Crippen LogP contribution in [0.25, 0.3) is 0 Å². The Kier molecular flexibility index (Phi) is 4.00. The number of carbonyl (C=O) groups is 1. The van der Waals surface area contributed by atoms with Gasteiger partial charge in [-0.15, -0.1) is 0 Å². The molecule has 0 saturated carbocycles. The number of amides is 1. The molecule has 0 aliphatic carbocycles. The summed E-state index contributed by atoms with van der Waals surface area (Å²) in [5.74, 6) is 0.504. The van der Waals surface area contributed by atoms with Crippen molar-refractivity contribution < 1.29 is 4.79 Å². The third-order valence-electron chi connectivity index (χ3n) is 3.15. The molecule has 0 radical (unpaired) electrons. The lowest BCUT2D eigenvalue weighted by molar-refractivity contribution is 0.0785. The molecule has 100 valence electrons. The fourth-order valence-corrected chi connectivity index (χ4v) is 1.94. The molecule has 4 heteroatoms. The summed E-state index contributed by atoms with van der Waals surface area (Å²) < 4.78 is 0. The minimum Gasteiger partial charge on any atom is -0.337 e. The zero-order chi connectivity index (χ0) is 13.8. The highest BCUT2D eigenvalue weighted by molar-refractivity contribution is 5.94. The van der Waals surface area contributed by atoms with Gasteiger partial charge in [0.2, 0.25) is 0 Å². The summed E-state index contributed by atoms with van der Waals surface area (Å²) in [4.78, 5) is 13.9.